The smallest absolute Gasteiger partial charge is 0.308 e. The number of amides is 2. The Kier molecular flexibility index (Phi) is 6.81. The first kappa shape index (κ1) is 19.7. The maximum absolute atomic E-state index is 12.8. The van der Waals surface area contributed by atoms with Crippen molar-refractivity contribution in [3.05, 3.63) is 0 Å². The van der Waals surface area contributed by atoms with Gasteiger partial charge < -0.3 is 19.6 Å². The third-order valence-corrected chi connectivity index (χ3v) is 5.54. The Morgan fingerprint density at radius 1 is 1.28 bits per heavy atom. The molecule has 2 fully saturated rings. The normalized spacial score (nSPS) is 22.2. The molecule has 0 bridgehead atoms. The van der Waals surface area contributed by atoms with Crippen LogP contribution in [0.4, 0.5) is 0 Å². The van der Waals surface area contributed by atoms with Crippen LogP contribution in [0.5, 0.6) is 0 Å². The number of carbonyl (C=O) groups excluding carboxylic acids is 2. The standard InChI is InChI=1S/C18H30N2O5/c1-3-25-11-9-18(7-5-8-18)17(24)19(2)13-15(21)20-10-4-6-14(12-20)16(22)23/h14H,3-13H2,1-2H3,(H,22,23). The summed E-state index contributed by atoms with van der Waals surface area (Å²) in [5, 5.41) is 9.14. The molecular formula is C18H30N2O5. The third-order valence-electron chi connectivity index (χ3n) is 5.54. The molecule has 1 heterocycles. The molecule has 0 aromatic rings. The van der Waals surface area contributed by atoms with Crippen LogP contribution in [0.1, 0.15) is 45.4 Å². The molecule has 7 heteroatoms. The highest BCUT2D eigenvalue weighted by Gasteiger charge is 2.45. The second kappa shape index (κ2) is 8.65. The number of likely N-dealkylation sites (tertiary alicyclic amines) is 1. The molecule has 2 aliphatic rings. The van der Waals surface area contributed by atoms with Gasteiger partial charge in [-0.15, -0.1) is 0 Å². The summed E-state index contributed by atoms with van der Waals surface area (Å²) in [6, 6.07) is 0. The van der Waals surface area contributed by atoms with Gasteiger partial charge in [-0.1, -0.05) is 6.42 Å². The monoisotopic (exact) mass is 354 g/mol. The van der Waals surface area contributed by atoms with E-state index in [9.17, 15) is 14.4 Å². The fourth-order valence-corrected chi connectivity index (χ4v) is 3.77. The zero-order valence-electron chi connectivity index (χ0n) is 15.3. The molecule has 2 rings (SSSR count). The lowest BCUT2D eigenvalue weighted by Gasteiger charge is -2.43. The van der Waals surface area contributed by atoms with E-state index in [1.54, 1.807) is 11.9 Å². The Bertz CT molecular complexity index is 504. The number of hydrogen-bond donors (Lipinski definition) is 1. The maximum atomic E-state index is 12.8. The summed E-state index contributed by atoms with van der Waals surface area (Å²) in [5.74, 6) is -1.51. The minimum Gasteiger partial charge on any atom is -0.481 e. The number of rotatable bonds is 8. The fraction of sp³-hybridized carbons (Fsp3) is 0.833. The summed E-state index contributed by atoms with van der Waals surface area (Å²) in [4.78, 5) is 39.6. The molecule has 1 saturated heterocycles. The van der Waals surface area contributed by atoms with Crippen LogP contribution in [0.15, 0.2) is 0 Å². The minimum absolute atomic E-state index is 0.0126. The van der Waals surface area contributed by atoms with Crippen molar-refractivity contribution in [2.45, 2.75) is 45.4 Å². The molecule has 0 spiro atoms. The van der Waals surface area contributed by atoms with Gasteiger partial charge in [0.05, 0.1) is 17.9 Å². The van der Waals surface area contributed by atoms with Crippen molar-refractivity contribution in [1.29, 1.82) is 0 Å². The predicted octanol–water partition coefficient (Wildman–Crippen LogP) is 1.36. The first-order valence-electron chi connectivity index (χ1n) is 9.23. The van der Waals surface area contributed by atoms with Gasteiger partial charge in [-0.2, -0.15) is 0 Å². The Hall–Kier alpha value is -1.63. The second-order valence-electron chi connectivity index (χ2n) is 7.26. The van der Waals surface area contributed by atoms with Crippen molar-refractivity contribution in [2.24, 2.45) is 11.3 Å². The van der Waals surface area contributed by atoms with Gasteiger partial charge in [0.2, 0.25) is 11.8 Å². The molecule has 1 atom stereocenters. The van der Waals surface area contributed by atoms with Gasteiger partial charge in [0, 0.05) is 33.4 Å². The van der Waals surface area contributed by atoms with E-state index in [2.05, 4.69) is 0 Å². The second-order valence-corrected chi connectivity index (χ2v) is 7.26. The van der Waals surface area contributed by atoms with E-state index in [0.717, 1.165) is 19.3 Å². The third kappa shape index (κ3) is 4.71. The van der Waals surface area contributed by atoms with Gasteiger partial charge >= 0.3 is 5.97 Å². The zero-order valence-corrected chi connectivity index (χ0v) is 15.3. The number of piperidine rings is 1. The van der Waals surface area contributed by atoms with E-state index in [0.29, 0.717) is 39.0 Å². The Morgan fingerprint density at radius 2 is 2.00 bits per heavy atom. The number of likely N-dealkylation sites (N-methyl/N-ethyl adjacent to an activating group) is 1. The molecule has 1 saturated carbocycles. The zero-order chi connectivity index (χ0) is 18.4. The summed E-state index contributed by atoms with van der Waals surface area (Å²) >= 11 is 0. The summed E-state index contributed by atoms with van der Waals surface area (Å²) in [6.07, 6.45) is 4.73. The van der Waals surface area contributed by atoms with Crippen LogP contribution in [0, 0.1) is 11.3 Å². The first-order chi connectivity index (χ1) is 11.9. The first-order valence-corrected chi connectivity index (χ1v) is 9.23. The molecule has 1 unspecified atom stereocenters. The lowest BCUT2D eigenvalue weighted by molar-refractivity contribution is -0.153. The van der Waals surface area contributed by atoms with Crippen LogP contribution in [0.25, 0.3) is 0 Å². The van der Waals surface area contributed by atoms with E-state index >= 15 is 0 Å². The van der Waals surface area contributed by atoms with Crippen LogP contribution in [0.2, 0.25) is 0 Å². The Morgan fingerprint density at radius 3 is 2.56 bits per heavy atom. The van der Waals surface area contributed by atoms with Crippen molar-refractivity contribution in [3.63, 3.8) is 0 Å². The topological polar surface area (TPSA) is 87.2 Å². The molecule has 7 nitrogen and oxygen atoms in total. The Balaban J connectivity index is 1.89. The highest BCUT2D eigenvalue weighted by molar-refractivity contribution is 5.88. The quantitative estimate of drug-likeness (QED) is 0.665. The van der Waals surface area contributed by atoms with Gasteiger partial charge in [-0.25, -0.2) is 0 Å². The predicted molar refractivity (Wildman–Crippen MR) is 92.0 cm³/mol. The number of hydrogen-bond acceptors (Lipinski definition) is 4. The van der Waals surface area contributed by atoms with Gasteiger partial charge in [0.15, 0.2) is 0 Å². The van der Waals surface area contributed by atoms with E-state index in [1.165, 1.54) is 4.90 Å². The number of ether oxygens (including phenoxy) is 1. The number of carbonyl (C=O) groups is 3. The van der Waals surface area contributed by atoms with Crippen LogP contribution < -0.4 is 0 Å². The SMILES string of the molecule is CCOCCC1(C(=O)N(C)CC(=O)N2CCCC(C(=O)O)C2)CCC1. The van der Waals surface area contributed by atoms with Crippen LogP contribution in [0.3, 0.4) is 0 Å². The summed E-state index contributed by atoms with van der Waals surface area (Å²) < 4.78 is 5.40. The van der Waals surface area contributed by atoms with Crippen LogP contribution >= 0.6 is 0 Å². The molecular weight excluding hydrogens is 324 g/mol. The number of carboxylic acids is 1. The van der Waals surface area contributed by atoms with Crippen molar-refractivity contribution in [1.82, 2.24) is 9.80 Å². The highest BCUT2D eigenvalue weighted by atomic mass is 16.5. The summed E-state index contributed by atoms with van der Waals surface area (Å²) in [7, 11) is 1.67. The number of nitrogens with zero attached hydrogens (tertiary/aromatic N) is 2. The fourth-order valence-electron chi connectivity index (χ4n) is 3.77. The van der Waals surface area contributed by atoms with Crippen molar-refractivity contribution < 1.29 is 24.2 Å². The van der Waals surface area contributed by atoms with E-state index in [4.69, 9.17) is 9.84 Å². The summed E-state index contributed by atoms with van der Waals surface area (Å²) in [6.45, 7) is 3.96. The molecule has 0 aromatic heterocycles. The van der Waals surface area contributed by atoms with Crippen molar-refractivity contribution in [3.8, 4) is 0 Å². The largest absolute Gasteiger partial charge is 0.481 e. The average molecular weight is 354 g/mol. The molecule has 142 valence electrons. The molecule has 2 amide bonds. The van der Waals surface area contributed by atoms with E-state index < -0.39 is 11.9 Å². The molecule has 25 heavy (non-hydrogen) atoms. The van der Waals surface area contributed by atoms with Gasteiger partial charge in [0.25, 0.3) is 0 Å². The van der Waals surface area contributed by atoms with Crippen molar-refractivity contribution in [2.75, 3.05) is 39.9 Å². The molecule has 0 aromatic carbocycles. The van der Waals surface area contributed by atoms with Gasteiger partial charge in [-0.05, 0) is 39.0 Å². The van der Waals surface area contributed by atoms with Crippen LogP contribution in [-0.2, 0) is 19.1 Å². The number of carboxylic acid groups (broad SMARTS) is 1. The van der Waals surface area contributed by atoms with E-state index in [1.807, 2.05) is 6.92 Å². The van der Waals surface area contributed by atoms with E-state index in [-0.39, 0.29) is 30.3 Å². The average Bonchev–Trinajstić information content (AvgIpc) is 2.56. The maximum Gasteiger partial charge on any atom is 0.308 e. The lowest BCUT2D eigenvalue weighted by Crippen LogP contribution is -2.51. The molecule has 1 N–H and O–H groups in total. The van der Waals surface area contributed by atoms with Crippen LogP contribution in [-0.4, -0.2) is 72.6 Å². The van der Waals surface area contributed by atoms with Crippen molar-refractivity contribution >= 4 is 17.8 Å². The minimum atomic E-state index is -0.855. The summed E-state index contributed by atoms with van der Waals surface area (Å²) in [5.41, 5.74) is -0.379. The molecule has 1 aliphatic carbocycles. The van der Waals surface area contributed by atoms with Gasteiger partial charge in [0.1, 0.15) is 0 Å². The molecule has 0 radical (unpaired) electrons. The van der Waals surface area contributed by atoms with Gasteiger partial charge in [-0.3, -0.25) is 14.4 Å². The number of aliphatic carboxylic acids is 1. The highest BCUT2D eigenvalue weighted by Crippen LogP contribution is 2.45. The molecule has 1 aliphatic heterocycles. The lowest BCUT2D eigenvalue weighted by atomic mass is 9.66. The Labute approximate surface area is 149 Å².